The number of hydrogen-bond donors (Lipinski definition) is 2. The number of rotatable bonds is 7. The fourth-order valence-electron chi connectivity index (χ4n) is 2.23. The van der Waals surface area contributed by atoms with Gasteiger partial charge in [0.1, 0.15) is 5.82 Å². The third kappa shape index (κ3) is 3.93. The van der Waals surface area contributed by atoms with E-state index in [-0.39, 0.29) is 0 Å². The van der Waals surface area contributed by atoms with Crippen molar-refractivity contribution in [1.29, 1.82) is 0 Å². The van der Waals surface area contributed by atoms with Gasteiger partial charge < -0.3 is 10.6 Å². The van der Waals surface area contributed by atoms with Crippen LogP contribution in [-0.4, -0.2) is 21.0 Å². The predicted molar refractivity (Wildman–Crippen MR) is 88.9 cm³/mol. The van der Waals surface area contributed by atoms with Crippen molar-refractivity contribution in [3.8, 4) is 0 Å². The van der Waals surface area contributed by atoms with Gasteiger partial charge in [0.25, 0.3) is 0 Å². The van der Waals surface area contributed by atoms with Crippen LogP contribution in [0.4, 0.5) is 11.8 Å². The van der Waals surface area contributed by atoms with Gasteiger partial charge in [0.05, 0.1) is 5.69 Å². The molecule has 2 aromatic heterocycles. The van der Waals surface area contributed by atoms with Crippen molar-refractivity contribution >= 4 is 11.8 Å². The topological polar surface area (TPSA) is 62.7 Å². The third-order valence-electron chi connectivity index (χ3n) is 3.93. The van der Waals surface area contributed by atoms with E-state index in [1.54, 1.807) is 6.20 Å². The Labute approximate surface area is 131 Å². The summed E-state index contributed by atoms with van der Waals surface area (Å²) < 4.78 is 0. The van der Waals surface area contributed by atoms with Crippen LogP contribution in [-0.2, 0) is 6.54 Å². The van der Waals surface area contributed by atoms with Crippen molar-refractivity contribution in [3.05, 3.63) is 41.9 Å². The molecule has 22 heavy (non-hydrogen) atoms. The Bertz CT molecular complexity index is 610. The van der Waals surface area contributed by atoms with E-state index in [1.807, 2.05) is 12.3 Å². The molecule has 0 bridgehead atoms. The smallest absolute Gasteiger partial charge is 0.225 e. The molecule has 0 spiro atoms. The molecule has 1 fully saturated rings. The van der Waals surface area contributed by atoms with E-state index in [2.05, 4.69) is 51.6 Å². The molecule has 1 saturated carbocycles. The van der Waals surface area contributed by atoms with Crippen molar-refractivity contribution in [2.45, 2.75) is 51.6 Å². The largest absolute Gasteiger partial charge is 0.366 e. The lowest BCUT2D eigenvalue weighted by Crippen LogP contribution is -2.17. The minimum atomic E-state index is 0.376. The highest BCUT2D eigenvalue weighted by molar-refractivity contribution is 5.44. The molecular weight excluding hydrogens is 274 g/mol. The summed E-state index contributed by atoms with van der Waals surface area (Å²) in [4.78, 5) is 13.4. The summed E-state index contributed by atoms with van der Waals surface area (Å²) >= 11 is 0. The molecule has 0 aliphatic heterocycles. The number of pyridine rings is 1. The first-order chi connectivity index (χ1) is 10.7. The first-order valence-electron chi connectivity index (χ1n) is 8.03. The van der Waals surface area contributed by atoms with Crippen LogP contribution >= 0.6 is 0 Å². The van der Waals surface area contributed by atoms with Gasteiger partial charge in [-0.1, -0.05) is 13.0 Å². The minimum absolute atomic E-state index is 0.376. The molecule has 5 heteroatoms. The summed E-state index contributed by atoms with van der Waals surface area (Å²) in [5, 5.41) is 6.76. The Hall–Kier alpha value is -2.17. The van der Waals surface area contributed by atoms with Crippen LogP contribution in [0.15, 0.2) is 30.6 Å². The second-order valence-electron chi connectivity index (χ2n) is 5.94. The predicted octanol–water partition coefficient (Wildman–Crippen LogP) is 3.57. The molecule has 2 heterocycles. The van der Waals surface area contributed by atoms with E-state index in [1.165, 1.54) is 12.8 Å². The number of nitrogens with zero attached hydrogens (tertiary/aromatic N) is 3. The van der Waals surface area contributed by atoms with Crippen molar-refractivity contribution in [1.82, 2.24) is 15.0 Å². The van der Waals surface area contributed by atoms with Crippen molar-refractivity contribution in [2.24, 2.45) is 0 Å². The maximum atomic E-state index is 4.66. The fraction of sp³-hybridized carbons (Fsp3) is 0.471. The quantitative estimate of drug-likeness (QED) is 0.818. The monoisotopic (exact) mass is 297 g/mol. The highest BCUT2D eigenvalue weighted by atomic mass is 15.2. The van der Waals surface area contributed by atoms with E-state index < -0.39 is 0 Å². The zero-order valence-electron chi connectivity index (χ0n) is 13.2. The molecule has 0 radical (unpaired) electrons. The molecule has 2 N–H and O–H groups in total. The molecular formula is C17H23N5. The summed E-state index contributed by atoms with van der Waals surface area (Å²) in [6.45, 7) is 5.03. The number of hydrogen-bond acceptors (Lipinski definition) is 5. The van der Waals surface area contributed by atoms with Crippen LogP contribution in [0.25, 0.3) is 0 Å². The van der Waals surface area contributed by atoms with Crippen LogP contribution in [0.1, 0.15) is 50.3 Å². The second kappa shape index (κ2) is 6.73. The van der Waals surface area contributed by atoms with Gasteiger partial charge in [-0.25, -0.2) is 4.98 Å². The second-order valence-corrected chi connectivity index (χ2v) is 5.94. The summed E-state index contributed by atoms with van der Waals surface area (Å²) in [6.07, 6.45) is 7.18. The molecule has 1 aliphatic rings. The standard InChI is InChI=1S/C17H23N5/c1-3-12(2)20-17-21-15(14-6-7-14)9-16(22-17)19-11-13-5-4-8-18-10-13/h4-5,8-10,12,14H,3,6-7,11H2,1-2H3,(H2,19,20,21,22)/t12-/m1/s1. The van der Waals surface area contributed by atoms with Gasteiger partial charge in [-0.2, -0.15) is 4.98 Å². The van der Waals surface area contributed by atoms with E-state index in [4.69, 9.17) is 0 Å². The molecule has 5 nitrogen and oxygen atoms in total. The van der Waals surface area contributed by atoms with Crippen molar-refractivity contribution in [3.63, 3.8) is 0 Å². The van der Waals surface area contributed by atoms with Gasteiger partial charge >= 0.3 is 0 Å². The Balaban J connectivity index is 1.74. The molecule has 2 aromatic rings. The fourth-order valence-corrected chi connectivity index (χ4v) is 2.23. The maximum Gasteiger partial charge on any atom is 0.225 e. The first-order valence-corrected chi connectivity index (χ1v) is 8.03. The lowest BCUT2D eigenvalue weighted by atomic mass is 10.2. The highest BCUT2D eigenvalue weighted by Gasteiger charge is 2.26. The van der Waals surface area contributed by atoms with E-state index in [0.29, 0.717) is 12.0 Å². The van der Waals surface area contributed by atoms with E-state index in [0.717, 1.165) is 36.0 Å². The van der Waals surface area contributed by atoms with Gasteiger partial charge in [-0.15, -0.1) is 0 Å². The number of nitrogens with one attached hydrogen (secondary N) is 2. The zero-order valence-corrected chi connectivity index (χ0v) is 13.2. The Kier molecular flexibility index (Phi) is 4.51. The summed E-state index contributed by atoms with van der Waals surface area (Å²) in [5.41, 5.74) is 2.29. The molecule has 0 unspecified atom stereocenters. The summed E-state index contributed by atoms with van der Waals surface area (Å²) in [6, 6.07) is 6.46. The van der Waals surface area contributed by atoms with Crippen LogP contribution in [0.5, 0.6) is 0 Å². The molecule has 0 amide bonds. The number of aromatic nitrogens is 3. The lowest BCUT2D eigenvalue weighted by Gasteiger charge is -2.14. The normalized spacial score (nSPS) is 15.4. The molecule has 1 atom stereocenters. The van der Waals surface area contributed by atoms with Crippen LogP contribution in [0.3, 0.4) is 0 Å². The Morgan fingerprint density at radius 3 is 2.86 bits per heavy atom. The lowest BCUT2D eigenvalue weighted by molar-refractivity contribution is 0.750. The zero-order chi connectivity index (χ0) is 15.4. The first kappa shape index (κ1) is 14.8. The highest BCUT2D eigenvalue weighted by Crippen LogP contribution is 2.39. The van der Waals surface area contributed by atoms with Crippen molar-refractivity contribution in [2.75, 3.05) is 10.6 Å². The van der Waals surface area contributed by atoms with Gasteiger partial charge in [-0.3, -0.25) is 4.98 Å². The summed E-state index contributed by atoms with van der Waals surface area (Å²) in [5.74, 6) is 2.22. The molecule has 3 rings (SSSR count). The molecule has 116 valence electrons. The average molecular weight is 297 g/mol. The van der Waals surface area contributed by atoms with Crippen molar-refractivity contribution < 1.29 is 0 Å². The Morgan fingerprint density at radius 1 is 1.32 bits per heavy atom. The SMILES string of the molecule is CC[C@@H](C)Nc1nc(NCc2cccnc2)cc(C2CC2)n1. The third-order valence-corrected chi connectivity index (χ3v) is 3.93. The van der Waals surface area contributed by atoms with Crippen LogP contribution < -0.4 is 10.6 Å². The van der Waals surface area contributed by atoms with E-state index >= 15 is 0 Å². The molecule has 0 aromatic carbocycles. The minimum Gasteiger partial charge on any atom is -0.366 e. The van der Waals surface area contributed by atoms with Crippen LogP contribution in [0.2, 0.25) is 0 Å². The molecule has 0 saturated heterocycles. The van der Waals surface area contributed by atoms with Gasteiger partial charge in [0, 0.05) is 37.0 Å². The Morgan fingerprint density at radius 2 is 2.18 bits per heavy atom. The van der Waals surface area contributed by atoms with Gasteiger partial charge in [-0.05, 0) is 37.8 Å². The van der Waals surface area contributed by atoms with E-state index in [9.17, 15) is 0 Å². The van der Waals surface area contributed by atoms with Crippen LogP contribution in [0, 0.1) is 0 Å². The average Bonchev–Trinajstić information content (AvgIpc) is 3.38. The van der Waals surface area contributed by atoms with Gasteiger partial charge in [0.2, 0.25) is 5.95 Å². The summed E-state index contributed by atoms with van der Waals surface area (Å²) in [7, 11) is 0. The molecule has 1 aliphatic carbocycles. The van der Waals surface area contributed by atoms with Gasteiger partial charge in [0.15, 0.2) is 0 Å². The maximum absolute atomic E-state index is 4.66. The number of anilines is 2.